The molecule has 43 heavy (non-hydrogen) atoms. The molecule has 0 spiro atoms. The fourth-order valence-corrected chi connectivity index (χ4v) is 6.05. The van der Waals surface area contributed by atoms with Crippen LogP contribution in [0.5, 0.6) is 0 Å². The number of carbonyl (C=O) groups is 4. The SMILES string of the molecule is COC(=O)CCCc1ccc(Cc2cc(C3OC(S(C)(=O)=O)C(OC(C)=O)C(OC(C)=O)C3OC(C)=O)ccc2C)cc1. The fraction of sp³-hybridized carbons (Fsp3) is 0.484. The fourth-order valence-electron chi connectivity index (χ4n) is 5.03. The summed E-state index contributed by atoms with van der Waals surface area (Å²) in [5.74, 6) is -2.58. The normalized spacial score (nSPS) is 21.9. The summed E-state index contributed by atoms with van der Waals surface area (Å²) >= 11 is 0. The van der Waals surface area contributed by atoms with Crippen molar-refractivity contribution in [3.05, 3.63) is 70.3 Å². The van der Waals surface area contributed by atoms with Gasteiger partial charge in [0.2, 0.25) is 0 Å². The highest BCUT2D eigenvalue weighted by Crippen LogP contribution is 2.39. The van der Waals surface area contributed by atoms with E-state index in [1.165, 1.54) is 7.11 Å². The molecular formula is C31H38O11S. The maximum atomic E-state index is 12.8. The highest BCUT2D eigenvalue weighted by molar-refractivity contribution is 7.91. The molecule has 234 valence electrons. The van der Waals surface area contributed by atoms with Crippen molar-refractivity contribution >= 4 is 33.7 Å². The molecular weight excluding hydrogens is 580 g/mol. The van der Waals surface area contributed by atoms with Gasteiger partial charge in [-0.2, -0.15) is 0 Å². The molecule has 3 rings (SSSR count). The first-order valence-corrected chi connectivity index (χ1v) is 15.7. The summed E-state index contributed by atoms with van der Waals surface area (Å²) in [4.78, 5) is 47.5. The van der Waals surface area contributed by atoms with Crippen molar-refractivity contribution in [1.29, 1.82) is 0 Å². The molecule has 0 aromatic heterocycles. The van der Waals surface area contributed by atoms with Crippen molar-refractivity contribution in [3.63, 3.8) is 0 Å². The minimum Gasteiger partial charge on any atom is -0.469 e. The quantitative estimate of drug-likeness (QED) is 0.270. The van der Waals surface area contributed by atoms with E-state index in [0.29, 0.717) is 24.8 Å². The first kappa shape index (κ1) is 33.7. The molecule has 2 aromatic rings. The zero-order chi connectivity index (χ0) is 31.9. The van der Waals surface area contributed by atoms with Gasteiger partial charge in [-0.1, -0.05) is 42.5 Å². The lowest BCUT2D eigenvalue weighted by Gasteiger charge is -2.44. The molecule has 1 saturated heterocycles. The van der Waals surface area contributed by atoms with Crippen molar-refractivity contribution in [2.75, 3.05) is 13.4 Å². The van der Waals surface area contributed by atoms with Crippen LogP contribution in [0.1, 0.15) is 67.5 Å². The molecule has 0 aliphatic carbocycles. The summed E-state index contributed by atoms with van der Waals surface area (Å²) < 4.78 is 52.6. The predicted octanol–water partition coefficient (Wildman–Crippen LogP) is 3.32. The third-order valence-electron chi connectivity index (χ3n) is 7.02. The van der Waals surface area contributed by atoms with Gasteiger partial charge in [0.25, 0.3) is 0 Å². The maximum Gasteiger partial charge on any atom is 0.305 e. The Bertz CT molecular complexity index is 1430. The number of benzene rings is 2. The molecule has 0 amide bonds. The lowest BCUT2D eigenvalue weighted by atomic mass is 9.90. The smallest absolute Gasteiger partial charge is 0.305 e. The summed E-state index contributed by atoms with van der Waals surface area (Å²) in [6.07, 6.45) is -2.30. The molecule has 11 nitrogen and oxygen atoms in total. The monoisotopic (exact) mass is 618 g/mol. The van der Waals surface area contributed by atoms with Gasteiger partial charge in [0.1, 0.15) is 6.10 Å². The van der Waals surface area contributed by atoms with Crippen LogP contribution in [0, 0.1) is 6.92 Å². The Morgan fingerprint density at radius 2 is 1.37 bits per heavy atom. The second kappa shape index (κ2) is 14.6. The minimum atomic E-state index is -4.02. The third-order valence-corrected chi connectivity index (χ3v) is 8.24. The van der Waals surface area contributed by atoms with Crippen molar-refractivity contribution in [2.24, 2.45) is 0 Å². The second-order valence-corrected chi connectivity index (χ2v) is 12.7. The first-order valence-electron chi connectivity index (χ1n) is 13.8. The number of sulfone groups is 1. The molecule has 1 aliphatic rings. The van der Waals surface area contributed by atoms with Crippen LogP contribution < -0.4 is 0 Å². The highest BCUT2D eigenvalue weighted by atomic mass is 32.2. The number of ether oxygens (including phenoxy) is 5. The number of rotatable bonds is 11. The van der Waals surface area contributed by atoms with Crippen LogP contribution in [0.4, 0.5) is 0 Å². The van der Waals surface area contributed by atoms with Gasteiger partial charge in [0, 0.05) is 33.4 Å². The summed E-state index contributed by atoms with van der Waals surface area (Å²) in [5, 5.41) is 0. The van der Waals surface area contributed by atoms with E-state index in [0.717, 1.165) is 55.7 Å². The van der Waals surface area contributed by atoms with Gasteiger partial charge in [-0.15, -0.1) is 0 Å². The van der Waals surface area contributed by atoms with Gasteiger partial charge >= 0.3 is 23.9 Å². The Morgan fingerprint density at radius 3 is 1.93 bits per heavy atom. The predicted molar refractivity (Wildman–Crippen MR) is 155 cm³/mol. The molecule has 0 radical (unpaired) electrons. The van der Waals surface area contributed by atoms with Crippen molar-refractivity contribution < 1.29 is 51.3 Å². The van der Waals surface area contributed by atoms with Gasteiger partial charge < -0.3 is 23.7 Å². The van der Waals surface area contributed by atoms with Gasteiger partial charge in [-0.25, -0.2) is 8.42 Å². The molecule has 12 heteroatoms. The van der Waals surface area contributed by atoms with E-state index in [-0.39, 0.29) is 5.97 Å². The molecule has 5 unspecified atom stereocenters. The average Bonchev–Trinajstić information content (AvgIpc) is 2.91. The van der Waals surface area contributed by atoms with E-state index in [2.05, 4.69) is 4.74 Å². The largest absolute Gasteiger partial charge is 0.469 e. The van der Waals surface area contributed by atoms with Gasteiger partial charge in [0.05, 0.1) is 7.11 Å². The third kappa shape index (κ3) is 9.36. The highest BCUT2D eigenvalue weighted by Gasteiger charge is 2.55. The van der Waals surface area contributed by atoms with Crippen LogP contribution in [-0.4, -0.2) is 69.4 Å². The molecule has 0 saturated carbocycles. The maximum absolute atomic E-state index is 12.8. The van der Waals surface area contributed by atoms with Crippen LogP contribution in [0.3, 0.4) is 0 Å². The molecule has 5 atom stereocenters. The standard InChI is InChI=1S/C31H38O11S/c1-18-10-15-24(17-25(18)16-23-13-11-22(12-14-23)8-7-9-26(35)38-5)27-28(39-19(2)32)29(40-20(3)33)30(41-21(4)34)31(42-27)43(6,36)37/h10-15,17,27-31H,7-9,16H2,1-6H3. The molecule has 0 N–H and O–H groups in total. The van der Waals surface area contributed by atoms with Gasteiger partial charge in [-0.3, -0.25) is 19.2 Å². The summed E-state index contributed by atoms with van der Waals surface area (Å²) in [5.41, 5.74) is 2.75. The number of methoxy groups -OCH3 is 1. The Balaban J connectivity index is 1.96. The van der Waals surface area contributed by atoms with Crippen molar-refractivity contribution in [3.8, 4) is 0 Å². The summed E-state index contributed by atoms with van der Waals surface area (Å²) in [6, 6.07) is 13.4. The number of hydrogen-bond donors (Lipinski definition) is 0. The van der Waals surface area contributed by atoms with E-state index in [1.807, 2.05) is 43.3 Å². The van der Waals surface area contributed by atoms with E-state index < -0.39 is 57.6 Å². The minimum absolute atomic E-state index is 0.242. The number of esters is 4. The van der Waals surface area contributed by atoms with Crippen molar-refractivity contribution in [2.45, 2.75) is 83.2 Å². The van der Waals surface area contributed by atoms with E-state index in [9.17, 15) is 27.6 Å². The van der Waals surface area contributed by atoms with Crippen LogP contribution in [0.15, 0.2) is 42.5 Å². The van der Waals surface area contributed by atoms with E-state index >= 15 is 0 Å². The molecule has 1 fully saturated rings. The van der Waals surface area contributed by atoms with Crippen LogP contribution in [0.2, 0.25) is 0 Å². The summed E-state index contributed by atoms with van der Waals surface area (Å²) in [6.45, 7) is 5.29. The molecule has 1 heterocycles. The first-order chi connectivity index (χ1) is 20.2. The average molecular weight is 619 g/mol. The zero-order valence-corrected chi connectivity index (χ0v) is 26.0. The van der Waals surface area contributed by atoms with Crippen molar-refractivity contribution in [1.82, 2.24) is 0 Å². The topological polar surface area (TPSA) is 149 Å². The molecule has 1 aliphatic heterocycles. The Morgan fingerprint density at radius 1 is 0.814 bits per heavy atom. The van der Waals surface area contributed by atoms with E-state index in [1.54, 1.807) is 6.07 Å². The van der Waals surface area contributed by atoms with Gasteiger partial charge in [-0.05, 0) is 54.0 Å². The van der Waals surface area contributed by atoms with Crippen LogP contribution in [0.25, 0.3) is 0 Å². The lowest BCUT2D eigenvalue weighted by molar-refractivity contribution is -0.234. The Labute approximate surface area is 251 Å². The molecule has 2 aromatic carbocycles. The van der Waals surface area contributed by atoms with E-state index in [4.69, 9.17) is 18.9 Å². The zero-order valence-electron chi connectivity index (χ0n) is 25.2. The number of carbonyl (C=O) groups excluding carboxylic acids is 4. The number of aryl methyl sites for hydroxylation is 2. The lowest BCUT2D eigenvalue weighted by Crippen LogP contribution is -2.60. The van der Waals surface area contributed by atoms with Crippen LogP contribution >= 0.6 is 0 Å². The summed E-state index contributed by atoms with van der Waals surface area (Å²) in [7, 11) is -2.66. The molecule has 0 bridgehead atoms. The Hall–Kier alpha value is -3.77. The Kier molecular flexibility index (Phi) is 11.5. The van der Waals surface area contributed by atoms with Crippen LogP contribution in [-0.2, 0) is 65.5 Å². The second-order valence-electron chi connectivity index (χ2n) is 10.6. The van der Waals surface area contributed by atoms with Gasteiger partial charge in [0.15, 0.2) is 33.6 Å². The number of hydrogen-bond acceptors (Lipinski definition) is 11.